The number of anilines is 3. The van der Waals surface area contributed by atoms with Crippen LogP contribution in [0.2, 0.25) is 0 Å². The maximum absolute atomic E-state index is 13.4. The Morgan fingerprint density at radius 3 is 2.85 bits per heavy atom. The molecule has 0 aromatic heterocycles. The average molecular weight is 267 g/mol. The molecule has 0 saturated heterocycles. The Morgan fingerprint density at radius 2 is 2.10 bits per heavy atom. The average Bonchev–Trinajstić information content (AvgIpc) is 2.46. The number of halogens is 1. The lowest BCUT2D eigenvalue weighted by molar-refractivity contribution is -0.116. The van der Waals surface area contributed by atoms with Crippen molar-refractivity contribution in [3.8, 4) is 6.07 Å². The summed E-state index contributed by atoms with van der Waals surface area (Å²) < 4.78 is 13.4. The first-order valence-electron chi connectivity index (χ1n) is 6.05. The van der Waals surface area contributed by atoms with Crippen LogP contribution in [0.4, 0.5) is 21.5 Å². The number of fused-ring (bicyclic) bond motifs is 1. The van der Waals surface area contributed by atoms with Crippen LogP contribution in [0.15, 0.2) is 42.5 Å². The van der Waals surface area contributed by atoms with Crippen LogP contribution in [0.25, 0.3) is 0 Å². The maximum atomic E-state index is 13.4. The number of benzene rings is 2. The van der Waals surface area contributed by atoms with Crippen LogP contribution < -0.4 is 10.2 Å². The number of nitrogens with zero attached hydrogens (tertiary/aromatic N) is 2. The smallest absolute Gasteiger partial charge is 0.250 e. The molecule has 0 unspecified atom stereocenters. The van der Waals surface area contributed by atoms with E-state index in [1.807, 2.05) is 6.07 Å². The third-order valence-electron chi connectivity index (χ3n) is 3.11. The second-order valence-corrected chi connectivity index (χ2v) is 4.41. The van der Waals surface area contributed by atoms with Crippen LogP contribution in [0.5, 0.6) is 0 Å². The molecule has 0 spiro atoms. The molecule has 1 heterocycles. The summed E-state index contributed by atoms with van der Waals surface area (Å²) in [6, 6.07) is 12.9. The summed E-state index contributed by atoms with van der Waals surface area (Å²) >= 11 is 0. The fraction of sp³-hybridized carbons (Fsp3) is 0.0667. The molecule has 0 saturated carbocycles. The van der Waals surface area contributed by atoms with E-state index >= 15 is 0 Å². The lowest BCUT2D eigenvalue weighted by atomic mass is 10.1. The minimum Gasteiger partial charge on any atom is -0.374 e. The molecule has 5 heteroatoms. The SMILES string of the molecule is N#Cc1ccc2c(c1)N(c1cccc(F)c1)C(=O)CN2. The van der Waals surface area contributed by atoms with Gasteiger partial charge >= 0.3 is 0 Å². The topological polar surface area (TPSA) is 56.1 Å². The highest BCUT2D eigenvalue weighted by atomic mass is 19.1. The summed E-state index contributed by atoms with van der Waals surface area (Å²) in [7, 11) is 0. The summed E-state index contributed by atoms with van der Waals surface area (Å²) in [5.41, 5.74) is 2.20. The first kappa shape index (κ1) is 12.2. The zero-order chi connectivity index (χ0) is 14.1. The molecule has 2 aromatic rings. The third-order valence-corrected chi connectivity index (χ3v) is 3.11. The Labute approximate surface area is 115 Å². The highest BCUT2D eigenvalue weighted by molar-refractivity contribution is 6.08. The summed E-state index contributed by atoms with van der Waals surface area (Å²) in [5.74, 6) is -0.606. The molecule has 1 amide bonds. The lowest BCUT2D eigenvalue weighted by Gasteiger charge is -2.30. The minimum atomic E-state index is -0.410. The van der Waals surface area contributed by atoms with Crippen LogP contribution >= 0.6 is 0 Å². The van der Waals surface area contributed by atoms with Gasteiger partial charge in [0.2, 0.25) is 0 Å². The zero-order valence-electron chi connectivity index (χ0n) is 10.4. The van der Waals surface area contributed by atoms with E-state index in [0.717, 1.165) is 5.69 Å². The first-order chi connectivity index (χ1) is 9.69. The molecule has 0 aliphatic carbocycles. The fourth-order valence-corrected chi connectivity index (χ4v) is 2.22. The molecule has 98 valence electrons. The Balaban J connectivity index is 2.17. The van der Waals surface area contributed by atoms with Crippen molar-refractivity contribution in [3.63, 3.8) is 0 Å². The van der Waals surface area contributed by atoms with Crippen molar-refractivity contribution in [1.82, 2.24) is 0 Å². The number of carbonyl (C=O) groups excluding carboxylic acids is 1. The Morgan fingerprint density at radius 1 is 1.25 bits per heavy atom. The van der Waals surface area contributed by atoms with Gasteiger partial charge in [-0.1, -0.05) is 6.07 Å². The Bertz CT molecular complexity index is 736. The van der Waals surface area contributed by atoms with Gasteiger partial charge in [0.05, 0.1) is 35.2 Å². The second kappa shape index (κ2) is 4.67. The van der Waals surface area contributed by atoms with Gasteiger partial charge in [0.15, 0.2) is 0 Å². The largest absolute Gasteiger partial charge is 0.374 e. The van der Waals surface area contributed by atoms with Crippen LogP contribution in [0.3, 0.4) is 0 Å². The number of nitriles is 1. The predicted molar refractivity (Wildman–Crippen MR) is 73.2 cm³/mol. The summed E-state index contributed by atoms with van der Waals surface area (Å²) in [5, 5.41) is 12.0. The van der Waals surface area contributed by atoms with E-state index in [-0.39, 0.29) is 12.5 Å². The minimum absolute atomic E-state index is 0.134. The number of nitrogens with one attached hydrogen (secondary N) is 1. The molecular weight excluding hydrogens is 257 g/mol. The van der Waals surface area contributed by atoms with Crippen LogP contribution in [-0.2, 0) is 4.79 Å². The zero-order valence-corrected chi connectivity index (χ0v) is 10.4. The molecule has 20 heavy (non-hydrogen) atoms. The number of carbonyl (C=O) groups is 1. The van der Waals surface area contributed by atoms with Gasteiger partial charge in [-0.2, -0.15) is 5.26 Å². The van der Waals surface area contributed by atoms with E-state index in [2.05, 4.69) is 5.32 Å². The van der Waals surface area contributed by atoms with Crippen molar-refractivity contribution >= 4 is 23.0 Å². The first-order valence-corrected chi connectivity index (χ1v) is 6.05. The summed E-state index contributed by atoms with van der Waals surface area (Å²) in [4.78, 5) is 13.6. The quantitative estimate of drug-likeness (QED) is 0.864. The molecule has 0 radical (unpaired) electrons. The van der Waals surface area contributed by atoms with Crippen molar-refractivity contribution in [2.45, 2.75) is 0 Å². The van der Waals surface area contributed by atoms with Gasteiger partial charge < -0.3 is 5.32 Å². The molecule has 1 aliphatic rings. The van der Waals surface area contributed by atoms with Crippen molar-refractivity contribution in [2.24, 2.45) is 0 Å². The Hall–Kier alpha value is -2.87. The predicted octanol–water partition coefficient (Wildman–Crippen LogP) is 2.79. The van der Waals surface area contributed by atoms with Gasteiger partial charge in [0, 0.05) is 0 Å². The maximum Gasteiger partial charge on any atom is 0.250 e. The molecule has 1 aliphatic heterocycles. The number of amides is 1. The fourth-order valence-electron chi connectivity index (χ4n) is 2.22. The van der Waals surface area contributed by atoms with Crippen molar-refractivity contribution < 1.29 is 9.18 Å². The van der Waals surface area contributed by atoms with E-state index in [1.54, 1.807) is 30.3 Å². The van der Waals surface area contributed by atoms with Crippen LogP contribution in [0, 0.1) is 17.1 Å². The monoisotopic (exact) mass is 267 g/mol. The molecule has 0 bridgehead atoms. The highest BCUT2D eigenvalue weighted by Crippen LogP contribution is 2.36. The molecule has 1 N–H and O–H groups in total. The van der Waals surface area contributed by atoms with Gasteiger partial charge in [-0.05, 0) is 36.4 Å². The van der Waals surface area contributed by atoms with Crippen molar-refractivity contribution in [1.29, 1.82) is 5.26 Å². The van der Waals surface area contributed by atoms with E-state index in [9.17, 15) is 9.18 Å². The van der Waals surface area contributed by atoms with E-state index in [4.69, 9.17) is 5.26 Å². The molecule has 3 rings (SSSR count). The lowest BCUT2D eigenvalue weighted by Crippen LogP contribution is -2.36. The van der Waals surface area contributed by atoms with Gasteiger partial charge in [-0.15, -0.1) is 0 Å². The number of hydrogen-bond donors (Lipinski definition) is 1. The molecular formula is C15H10FN3O. The standard InChI is InChI=1S/C15H10FN3O/c16-11-2-1-3-12(7-11)19-14-6-10(8-17)4-5-13(14)18-9-15(19)20/h1-7,18H,9H2. The molecule has 0 fully saturated rings. The van der Waals surface area contributed by atoms with Gasteiger partial charge in [0.1, 0.15) is 5.82 Å². The van der Waals surface area contributed by atoms with Crippen LogP contribution in [0.1, 0.15) is 5.56 Å². The highest BCUT2D eigenvalue weighted by Gasteiger charge is 2.25. The number of rotatable bonds is 1. The molecule has 4 nitrogen and oxygen atoms in total. The third kappa shape index (κ3) is 1.97. The van der Waals surface area contributed by atoms with Crippen molar-refractivity contribution in [2.75, 3.05) is 16.8 Å². The van der Waals surface area contributed by atoms with Gasteiger partial charge in [0.25, 0.3) is 5.91 Å². The van der Waals surface area contributed by atoms with Gasteiger partial charge in [-0.25, -0.2) is 4.39 Å². The number of hydrogen-bond acceptors (Lipinski definition) is 3. The van der Waals surface area contributed by atoms with E-state index in [1.165, 1.54) is 17.0 Å². The van der Waals surface area contributed by atoms with E-state index < -0.39 is 5.82 Å². The Kier molecular flexibility index (Phi) is 2.84. The van der Waals surface area contributed by atoms with Gasteiger partial charge in [-0.3, -0.25) is 9.69 Å². The van der Waals surface area contributed by atoms with E-state index in [0.29, 0.717) is 16.9 Å². The molecule has 2 aromatic carbocycles. The van der Waals surface area contributed by atoms with Crippen LogP contribution in [-0.4, -0.2) is 12.5 Å². The normalized spacial score (nSPS) is 13.4. The summed E-state index contributed by atoms with van der Waals surface area (Å²) in [6.45, 7) is 0.134. The summed E-state index contributed by atoms with van der Waals surface area (Å²) in [6.07, 6.45) is 0. The second-order valence-electron chi connectivity index (χ2n) is 4.41. The van der Waals surface area contributed by atoms with Crippen molar-refractivity contribution in [3.05, 3.63) is 53.8 Å². The molecule has 0 atom stereocenters.